The largest absolute Gasteiger partial charge is 0.494 e. The van der Waals surface area contributed by atoms with Gasteiger partial charge >= 0.3 is 0 Å². The minimum absolute atomic E-state index is 0.326. The van der Waals surface area contributed by atoms with E-state index in [1.54, 1.807) is 33.5 Å². The van der Waals surface area contributed by atoms with E-state index in [4.69, 9.17) is 18.6 Å². The molecule has 0 amide bonds. The van der Waals surface area contributed by atoms with E-state index in [1.165, 1.54) is 0 Å². The Morgan fingerprint density at radius 1 is 0.741 bits per heavy atom. The van der Waals surface area contributed by atoms with Gasteiger partial charge in [-0.3, -0.25) is 0 Å². The van der Waals surface area contributed by atoms with Crippen LogP contribution in [0.3, 0.4) is 0 Å². The molecule has 2 aromatic heterocycles. The fraction of sp³-hybridized carbons (Fsp3) is 0.150. The monoisotopic (exact) mass is 363 g/mol. The molecule has 0 aliphatic rings. The average molecular weight is 363 g/mol. The minimum atomic E-state index is 0.326. The van der Waals surface area contributed by atoms with E-state index >= 15 is 0 Å². The van der Waals surface area contributed by atoms with Crippen LogP contribution in [0.25, 0.3) is 33.9 Å². The van der Waals surface area contributed by atoms with Crippen molar-refractivity contribution in [3.63, 3.8) is 0 Å². The van der Waals surface area contributed by atoms with Crippen LogP contribution < -0.4 is 14.2 Å². The molecule has 0 aliphatic heterocycles. The van der Waals surface area contributed by atoms with Gasteiger partial charge in [-0.05, 0) is 30.3 Å². The molecular weight excluding hydrogens is 346 g/mol. The molecule has 4 aromatic rings. The number of hydrogen-bond donors (Lipinski definition) is 0. The number of nitrogens with zero attached hydrogens (tertiary/aromatic N) is 3. The second-order valence-corrected chi connectivity index (χ2v) is 5.71. The van der Waals surface area contributed by atoms with Crippen molar-refractivity contribution in [1.29, 1.82) is 0 Å². The first-order valence-corrected chi connectivity index (χ1v) is 8.23. The number of pyridine rings is 1. The summed E-state index contributed by atoms with van der Waals surface area (Å²) in [4.78, 5) is 4.62. The Balaban J connectivity index is 1.73. The van der Waals surface area contributed by atoms with Crippen molar-refractivity contribution in [3.05, 3.63) is 48.5 Å². The Bertz CT molecular complexity index is 1110. The first-order valence-electron chi connectivity index (χ1n) is 8.23. The predicted octanol–water partition coefficient (Wildman–Crippen LogP) is 3.98. The fourth-order valence-corrected chi connectivity index (χ4v) is 2.82. The minimum Gasteiger partial charge on any atom is -0.494 e. The summed E-state index contributed by atoms with van der Waals surface area (Å²) in [6.07, 6.45) is 0. The number of aromatic nitrogens is 3. The molecule has 2 heterocycles. The highest BCUT2D eigenvalue weighted by Gasteiger charge is 2.15. The van der Waals surface area contributed by atoms with Gasteiger partial charge in [-0.15, -0.1) is 10.2 Å². The van der Waals surface area contributed by atoms with E-state index in [9.17, 15) is 0 Å². The van der Waals surface area contributed by atoms with E-state index in [-0.39, 0.29) is 0 Å². The number of methoxy groups -OCH3 is 3. The Morgan fingerprint density at radius 3 is 2.30 bits per heavy atom. The van der Waals surface area contributed by atoms with Crippen molar-refractivity contribution < 1.29 is 18.6 Å². The number of hydrogen-bond acceptors (Lipinski definition) is 7. The summed E-state index contributed by atoms with van der Waals surface area (Å²) in [5, 5.41) is 9.23. The Labute approximate surface area is 155 Å². The lowest BCUT2D eigenvalue weighted by atomic mass is 10.2. The molecule has 136 valence electrons. The molecule has 0 aliphatic carbocycles. The summed E-state index contributed by atoms with van der Waals surface area (Å²) >= 11 is 0. The van der Waals surface area contributed by atoms with Crippen LogP contribution in [0.5, 0.6) is 17.2 Å². The lowest BCUT2D eigenvalue weighted by Crippen LogP contribution is -1.90. The summed E-state index contributed by atoms with van der Waals surface area (Å²) in [5.41, 5.74) is 2.04. The third kappa shape index (κ3) is 3.03. The van der Waals surface area contributed by atoms with Crippen LogP contribution >= 0.6 is 0 Å². The zero-order valence-electron chi connectivity index (χ0n) is 15.1. The Hall–Kier alpha value is -3.61. The SMILES string of the molecule is COc1ccc(-c2nnc(-c3ccc4cccc(OC)c4n3)o2)cc1OC. The maximum Gasteiger partial charge on any atom is 0.266 e. The maximum atomic E-state index is 5.83. The summed E-state index contributed by atoms with van der Waals surface area (Å²) in [7, 11) is 4.78. The second-order valence-electron chi connectivity index (χ2n) is 5.71. The van der Waals surface area contributed by atoms with Gasteiger partial charge in [-0.2, -0.15) is 0 Å². The van der Waals surface area contributed by atoms with Crippen molar-refractivity contribution in [2.24, 2.45) is 0 Å². The van der Waals surface area contributed by atoms with Gasteiger partial charge in [-0.25, -0.2) is 4.98 Å². The summed E-state index contributed by atoms with van der Waals surface area (Å²) in [6.45, 7) is 0. The maximum absolute atomic E-state index is 5.83. The lowest BCUT2D eigenvalue weighted by molar-refractivity contribution is 0.355. The topological polar surface area (TPSA) is 79.5 Å². The molecule has 7 nitrogen and oxygen atoms in total. The van der Waals surface area contributed by atoms with E-state index in [2.05, 4.69) is 15.2 Å². The fourth-order valence-electron chi connectivity index (χ4n) is 2.82. The molecule has 7 heteroatoms. The normalized spacial score (nSPS) is 10.8. The van der Waals surface area contributed by atoms with Crippen molar-refractivity contribution in [3.8, 4) is 40.3 Å². The Kier molecular flexibility index (Phi) is 4.33. The summed E-state index contributed by atoms with van der Waals surface area (Å²) < 4.78 is 21.8. The molecule has 0 radical (unpaired) electrons. The van der Waals surface area contributed by atoms with Gasteiger partial charge in [0.25, 0.3) is 5.89 Å². The van der Waals surface area contributed by atoms with Crippen molar-refractivity contribution in [1.82, 2.24) is 15.2 Å². The first kappa shape index (κ1) is 16.8. The zero-order chi connectivity index (χ0) is 18.8. The lowest BCUT2D eigenvalue weighted by Gasteiger charge is -2.07. The standard InChI is InChI=1S/C20H17N3O4/c1-24-15-10-8-13(11-17(15)26-3)19-22-23-20(27-19)14-9-7-12-5-4-6-16(25-2)18(12)21-14/h4-11H,1-3H3. The third-order valence-electron chi connectivity index (χ3n) is 4.18. The molecule has 0 bridgehead atoms. The molecule has 0 saturated heterocycles. The predicted molar refractivity (Wildman–Crippen MR) is 100 cm³/mol. The van der Waals surface area contributed by atoms with E-state index in [1.807, 2.05) is 36.4 Å². The molecule has 2 aromatic carbocycles. The smallest absolute Gasteiger partial charge is 0.266 e. The molecule has 0 saturated carbocycles. The second kappa shape index (κ2) is 6.95. The van der Waals surface area contributed by atoms with E-state index < -0.39 is 0 Å². The Morgan fingerprint density at radius 2 is 1.52 bits per heavy atom. The third-order valence-corrected chi connectivity index (χ3v) is 4.18. The van der Waals surface area contributed by atoms with Gasteiger partial charge in [0.05, 0.1) is 21.3 Å². The average Bonchev–Trinajstić information content (AvgIpc) is 3.22. The molecule has 0 spiro atoms. The molecule has 0 N–H and O–H groups in total. The molecule has 27 heavy (non-hydrogen) atoms. The van der Waals surface area contributed by atoms with Crippen LogP contribution in [0, 0.1) is 0 Å². The highest BCUT2D eigenvalue weighted by Crippen LogP contribution is 2.33. The quantitative estimate of drug-likeness (QED) is 0.530. The summed E-state index contributed by atoms with van der Waals surface area (Å²) in [6, 6.07) is 14.9. The van der Waals surface area contributed by atoms with Gasteiger partial charge in [-0.1, -0.05) is 18.2 Å². The molecule has 0 unspecified atom stereocenters. The molecule has 4 rings (SSSR count). The highest BCUT2D eigenvalue weighted by molar-refractivity contribution is 5.86. The van der Waals surface area contributed by atoms with Crippen LogP contribution in [0.1, 0.15) is 0 Å². The first-order chi connectivity index (χ1) is 13.2. The van der Waals surface area contributed by atoms with E-state index in [0.29, 0.717) is 34.7 Å². The zero-order valence-corrected chi connectivity index (χ0v) is 15.1. The number of benzene rings is 2. The number of rotatable bonds is 5. The summed E-state index contributed by atoms with van der Waals surface area (Å²) in [5.74, 6) is 2.60. The van der Waals surface area contributed by atoms with Gasteiger partial charge in [0.2, 0.25) is 5.89 Å². The molecular formula is C20H17N3O4. The van der Waals surface area contributed by atoms with Crippen molar-refractivity contribution in [2.75, 3.05) is 21.3 Å². The van der Waals surface area contributed by atoms with Gasteiger partial charge in [0.1, 0.15) is 17.0 Å². The van der Waals surface area contributed by atoms with Crippen LogP contribution in [-0.2, 0) is 0 Å². The number of fused-ring (bicyclic) bond motifs is 1. The van der Waals surface area contributed by atoms with Crippen LogP contribution in [-0.4, -0.2) is 36.5 Å². The van der Waals surface area contributed by atoms with Crippen molar-refractivity contribution in [2.45, 2.75) is 0 Å². The van der Waals surface area contributed by atoms with Gasteiger partial charge < -0.3 is 18.6 Å². The molecule has 0 fully saturated rings. The number of ether oxygens (including phenoxy) is 3. The molecule has 0 atom stereocenters. The van der Waals surface area contributed by atoms with Crippen molar-refractivity contribution >= 4 is 10.9 Å². The van der Waals surface area contributed by atoms with Crippen LogP contribution in [0.2, 0.25) is 0 Å². The highest BCUT2D eigenvalue weighted by atomic mass is 16.5. The van der Waals surface area contributed by atoms with Crippen LogP contribution in [0.4, 0.5) is 0 Å². The van der Waals surface area contributed by atoms with Gasteiger partial charge in [0.15, 0.2) is 11.5 Å². The van der Waals surface area contributed by atoms with E-state index in [0.717, 1.165) is 16.5 Å². The van der Waals surface area contributed by atoms with Crippen LogP contribution in [0.15, 0.2) is 52.9 Å². The van der Waals surface area contributed by atoms with Gasteiger partial charge in [0, 0.05) is 10.9 Å². The number of para-hydroxylation sites is 1.